The van der Waals surface area contributed by atoms with E-state index in [1.807, 2.05) is 0 Å². The van der Waals surface area contributed by atoms with Gasteiger partial charge in [0.25, 0.3) is 5.91 Å². The Labute approximate surface area is 69.8 Å². The van der Waals surface area contributed by atoms with Crippen LogP contribution in [-0.2, 0) is 6.54 Å². The second kappa shape index (κ2) is 3.87. The standard InChI is InChI=1S/C7H11N3O2/c8-7(12)6-2-4-10(9-6)3-1-5-11/h2,4,11H,1,3,5H2,(H2,8,12). The molecule has 0 radical (unpaired) electrons. The molecule has 0 saturated heterocycles. The molecule has 3 N–H and O–H groups in total. The van der Waals surface area contributed by atoms with Gasteiger partial charge in [-0.1, -0.05) is 0 Å². The molecule has 66 valence electrons. The quantitative estimate of drug-likeness (QED) is 0.629. The van der Waals surface area contributed by atoms with Crippen molar-refractivity contribution in [3.63, 3.8) is 0 Å². The average molecular weight is 169 g/mol. The lowest BCUT2D eigenvalue weighted by atomic mass is 10.4. The Morgan fingerprint density at radius 1 is 1.75 bits per heavy atom. The van der Waals surface area contributed by atoms with Gasteiger partial charge < -0.3 is 10.8 Å². The van der Waals surface area contributed by atoms with Gasteiger partial charge in [-0.25, -0.2) is 0 Å². The highest BCUT2D eigenvalue weighted by molar-refractivity contribution is 5.90. The summed E-state index contributed by atoms with van der Waals surface area (Å²) in [7, 11) is 0. The van der Waals surface area contributed by atoms with E-state index >= 15 is 0 Å². The molecule has 0 aliphatic rings. The molecule has 1 amide bonds. The van der Waals surface area contributed by atoms with Crippen LogP contribution in [0.15, 0.2) is 12.3 Å². The highest BCUT2D eigenvalue weighted by atomic mass is 16.3. The highest BCUT2D eigenvalue weighted by Crippen LogP contribution is 1.95. The van der Waals surface area contributed by atoms with Gasteiger partial charge in [-0.3, -0.25) is 9.48 Å². The number of carbonyl (C=O) groups excluding carboxylic acids is 1. The van der Waals surface area contributed by atoms with E-state index in [1.54, 1.807) is 16.9 Å². The number of amides is 1. The number of nitrogens with zero attached hydrogens (tertiary/aromatic N) is 2. The third kappa shape index (κ3) is 2.06. The Kier molecular flexibility index (Phi) is 2.82. The molecule has 0 fully saturated rings. The van der Waals surface area contributed by atoms with Crippen molar-refractivity contribution in [2.24, 2.45) is 5.73 Å². The van der Waals surface area contributed by atoms with E-state index < -0.39 is 5.91 Å². The van der Waals surface area contributed by atoms with Gasteiger partial charge in [-0.2, -0.15) is 5.10 Å². The summed E-state index contributed by atoms with van der Waals surface area (Å²) < 4.78 is 1.58. The summed E-state index contributed by atoms with van der Waals surface area (Å²) in [6, 6.07) is 1.56. The predicted molar refractivity (Wildman–Crippen MR) is 42.4 cm³/mol. The zero-order valence-electron chi connectivity index (χ0n) is 6.60. The van der Waals surface area contributed by atoms with Gasteiger partial charge in [0.2, 0.25) is 0 Å². The lowest BCUT2D eigenvalue weighted by Crippen LogP contribution is -2.12. The Balaban J connectivity index is 2.58. The van der Waals surface area contributed by atoms with Gasteiger partial charge in [0.05, 0.1) is 0 Å². The Hall–Kier alpha value is -1.36. The maximum Gasteiger partial charge on any atom is 0.269 e. The zero-order valence-corrected chi connectivity index (χ0v) is 6.60. The molecule has 5 nitrogen and oxygen atoms in total. The smallest absolute Gasteiger partial charge is 0.269 e. The van der Waals surface area contributed by atoms with E-state index in [0.717, 1.165) is 0 Å². The lowest BCUT2D eigenvalue weighted by Gasteiger charge is -1.96. The van der Waals surface area contributed by atoms with Crippen LogP contribution in [0.3, 0.4) is 0 Å². The Bertz CT molecular complexity index is 269. The van der Waals surface area contributed by atoms with Crippen LogP contribution in [0, 0.1) is 0 Å². The minimum Gasteiger partial charge on any atom is -0.396 e. The molecule has 0 unspecified atom stereocenters. The summed E-state index contributed by atoms with van der Waals surface area (Å²) in [5, 5.41) is 12.4. The summed E-state index contributed by atoms with van der Waals surface area (Å²) >= 11 is 0. The maximum absolute atomic E-state index is 10.6. The number of aryl methyl sites for hydroxylation is 1. The summed E-state index contributed by atoms with van der Waals surface area (Å²) in [5.41, 5.74) is 5.25. The van der Waals surface area contributed by atoms with Crippen molar-refractivity contribution in [2.75, 3.05) is 6.61 Å². The number of aliphatic hydroxyl groups excluding tert-OH is 1. The minimum atomic E-state index is -0.530. The minimum absolute atomic E-state index is 0.117. The third-order valence-electron chi connectivity index (χ3n) is 1.44. The van der Waals surface area contributed by atoms with E-state index in [-0.39, 0.29) is 12.3 Å². The van der Waals surface area contributed by atoms with Gasteiger partial charge >= 0.3 is 0 Å². The molecule has 1 heterocycles. The molecule has 1 aromatic rings. The number of aliphatic hydroxyl groups is 1. The molecular weight excluding hydrogens is 158 g/mol. The van der Waals surface area contributed by atoms with Crippen molar-refractivity contribution in [3.05, 3.63) is 18.0 Å². The van der Waals surface area contributed by atoms with Crippen LogP contribution in [-0.4, -0.2) is 27.4 Å². The fourth-order valence-electron chi connectivity index (χ4n) is 0.850. The van der Waals surface area contributed by atoms with Gasteiger partial charge in [-0.15, -0.1) is 0 Å². The van der Waals surface area contributed by atoms with E-state index in [4.69, 9.17) is 10.8 Å². The monoisotopic (exact) mass is 169 g/mol. The molecule has 0 aliphatic heterocycles. The first-order chi connectivity index (χ1) is 5.74. The van der Waals surface area contributed by atoms with Crippen LogP contribution in [0.25, 0.3) is 0 Å². The molecule has 0 saturated carbocycles. The maximum atomic E-state index is 10.6. The van der Waals surface area contributed by atoms with Gasteiger partial charge in [0.15, 0.2) is 0 Å². The first-order valence-corrected chi connectivity index (χ1v) is 3.68. The molecule has 0 spiro atoms. The second-order valence-corrected chi connectivity index (χ2v) is 2.41. The summed E-state index contributed by atoms with van der Waals surface area (Å²) in [5.74, 6) is -0.530. The Morgan fingerprint density at radius 3 is 3.00 bits per heavy atom. The zero-order chi connectivity index (χ0) is 8.97. The number of aromatic nitrogens is 2. The van der Waals surface area contributed by atoms with Crippen molar-refractivity contribution in [1.29, 1.82) is 0 Å². The first-order valence-electron chi connectivity index (χ1n) is 3.68. The third-order valence-corrected chi connectivity index (χ3v) is 1.44. The molecule has 0 atom stereocenters. The number of primary amides is 1. The number of hydrogen-bond donors (Lipinski definition) is 2. The van der Waals surface area contributed by atoms with Crippen molar-refractivity contribution in [1.82, 2.24) is 9.78 Å². The molecule has 1 aromatic heterocycles. The summed E-state index contributed by atoms with van der Waals surface area (Å²) in [4.78, 5) is 10.6. The van der Waals surface area contributed by atoms with Crippen molar-refractivity contribution in [2.45, 2.75) is 13.0 Å². The van der Waals surface area contributed by atoms with Gasteiger partial charge in [0.1, 0.15) is 5.69 Å². The fourth-order valence-corrected chi connectivity index (χ4v) is 0.850. The van der Waals surface area contributed by atoms with Crippen LogP contribution in [0.4, 0.5) is 0 Å². The van der Waals surface area contributed by atoms with E-state index in [2.05, 4.69) is 5.10 Å². The van der Waals surface area contributed by atoms with E-state index in [1.165, 1.54) is 0 Å². The number of hydrogen-bond acceptors (Lipinski definition) is 3. The average Bonchev–Trinajstić information content (AvgIpc) is 2.48. The van der Waals surface area contributed by atoms with Crippen LogP contribution >= 0.6 is 0 Å². The Morgan fingerprint density at radius 2 is 2.50 bits per heavy atom. The predicted octanol–water partition coefficient (Wildman–Crippen LogP) is -0.636. The van der Waals surface area contributed by atoms with Crippen molar-refractivity contribution >= 4 is 5.91 Å². The number of nitrogens with two attached hydrogens (primary N) is 1. The molecule has 0 aliphatic carbocycles. The number of carbonyl (C=O) groups is 1. The molecule has 1 rings (SSSR count). The fraction of sp³-hybridized carbons (Fsp3) is 0.429. The van der Waals surface area contributed by atoms with Gasteiger partial charge in [0, 0.05) is 19.3 Å². The largest absolute Gasteiger partial charge is 0.396 e. The second-order valence-electron chi connectivity index (χ2n) is 2.41. The normalized spacial score (nSPS) is 10.1. The molecule has 0 bridgehead atoms. The molecule has 5 heteroatoms. The van der Waals surface area contributed by atoms with Gasteiger partial charge in [-0.05, 0) is 12.5 Å². The summed E-state index contributed by atoms with van der Waals surface area (Å²) in [6.07, 6.45) is 2.29. The van der Waals surface area contributed by atoms with Crippen LogP contribution in [0.1, 0.15) is 16.9 Å². The molecule has 12 heavy (non-hydrogen) atoms. The van der Waals surface area contributed by atoms with E-state index in [9.17, 15) is 4.79 Å². The number of rotatable bonds is 4. The highest BCUT2D eigenvalue weighted by Gasteiger charge is 2.03. The van der Waals surface area contributed by atoms with E-state index in [0.29, 0.717) is 13.0 Å². The first kappa shape index (κ1) is 8.73. The van der Waals surface area contributed by atoms with Crippen molar-refractivity contribution in [3.8, 4) is 0 Å². The SMILES string of the molecule is NC(=O)c1ccn(CCCO)n1. The van der Waals surface area contributed by atoms with Crippen molar-refractivity contribution < 1.29 is 9.90 Å². The molecule has 0 aromatic carbocycles. The summed E-state index contributed by atoms with van der Waals surface area (Å²) in [6.45, 7) is 0.718. The van der Waals surface area contributed by atoms with Crippen LogP contribution in [0.2, 0.25) is 0 Å². The lowest BCUT2D eigenvalue weighted by molar-refractivity contribution is 0.0994. The molecular formula is C7H11N3O2. The topological polar surface area (TPSA) is 81.1 Å². The van der Waals surface area contributed by atoms with Crippen LogP contribution < -0.4 is 5.73 Å². The van der Waals surface area contributed by atoms with Crippen LogP contribution in [0.5, 0.6) is 0 Å².